The highest BCUT2D eigenvalue weighted by molar-refractivity contribution is 5.61. The molecule has 0 aliphatic carbocycles. The first-order chi connectivity index (χ1) is 5.81. The molecular formula is C9H10O3. The van der Waals surface area contributed by atoms with Crippen LogP contribution in [-0.2, 0) is 9.47 Å². The lowest BCUT2D eigenvalue weighted by molar-refractivity contribution is 0.120. The molecule has 0 unspecified atom stereocenters. The molecule has 64 valence electrons. The zero-order chi connectivity index (χ0) is 9.23. The maximum atomic E-state index is 10.6. The van der Waals surface area contributed by atoms with Gasteiger partial charge in [-0.3, -0.25) is 0 Å². The standard InChI is InChI=1S/C9H10O3/c1-3-5-7-11-9(10)12-8-6-4-2/h3-4,7-8H,1-2H3. The molecule has 0 radical (unpaired) electrons. The van der Waals surface area contributed by atoms with Crippen molar-refractivity contribution < 1.29 is 14.3 Å². The van der Waals surface area contributed by atoms with Crippen LogP contribution in [0.25, 0.3) is 0 Å². The van der Waals surface area contributed by atoms with Gasteiger partial charge in [0.1, 0.15) is 12.5 Å². The fourth-order valence-corrected chi connectivity index (χ4v) is 0.328. The third-order valence-electron chi connectivity index (χ3n) is 0.780. The van der Waals surface area contributed by atoms with Crippen molar-refractivity contribution in [1.29, 1.82) is 0 Å². The highest BCUT2D eigenvalue weighted by Gasteiger charge is 1.95. The van der Waals surface area contributed by atoms with E-state index in [0.717, 1.165) is 12.5 Å². The normalized spacial score (nSPS) is 6.83. The van der Waals surface area contributed by atoms with E-state index in [0.29, 0.717) is 0 Å². The Kier molecular flexibility index (Phi) is 6.37. The van der Waals surface area contributed by atoms with E-state index in [1.54, 1.807) is 26.0 Å². The number of carbonyl (C=O) groups excluding carboxylic acids is 1. The molecule has 0 saturated heterocycles. The monoisotopic (exact) mass is 166 g/mol. The minimum absolute atomic E-state index is 0.807. The molecule has 0 aromatic heterocycles. The summed E-state index contributed by atoms with van der Waals surface area (Å²) in [4.78, 5) is 10.6. The predicted octanol–water partition coefficient (Wildman–Crippen LogP) is 2.52. The maximum Gasteiger partial charge on any atom is 0.519 e. The topological polar surface area (TPSA) is 35.5 Å². The van der Waals surface area contributed by atoms with E-state index in [2.05, 4.69) is 20.9 Å². The largest absolute Gasteiger partial charge is 0.519 e. The minimum atomic E-state index is -0.807. The van der Waals surface area contributed by atoms with Gasteiger partial charge in [-0.15, -0.1) is 0 Å². The molecule has 0 atom stereocenters. The van der Waals surface area contributed by atoms with Crippen molar-refractivity contribution in [2.75, 3.05) is 0 Å². The van der Waals surface area contributed by atoms with Crippen molar-refractivity contribution in [2.45, 2.75) is 13.8 Å². The lowest BCUT2D eigenvalue weighted by atomic mass is 10.7. The molecule has 0 spiro atoms. The third-order valence-corrected chi connectivity index (χ3v) is 0.780. The van der Waals surface area contributed by atoms with Crippen molar-refractivity contribution in [1.82, 2.24) is 0 Å². The van der Waals surface area contributed by atoms with Gasteiger partial charge in [0.2, 0.25) is 0 Å². The van der Waals surface area contributed by atoms with Crippen LogP contribution in [0.4, 0.5) is 4.79 Å². The number of hydrogen-bond donors (Lipinski definition) is 0. The Labute approximate surface area is 71.3 Å². The molecule has 0 aliphatic heterocycles. The van der Waals surface area contributed by atoms with Crippen LogP contribution in [-0.4, -0.2) is 6.16 Å². The smallest absolute Gasteiger partial charge is 0.394 e. The van der Waals surface area contributed by atoms with E-state index < -0.39 is 6.16 Å². The zero-order valence-corrected chi connectivity index (χ0v) is 7.03. The van der Waals surface area contributed by atoms with Gasteiger partial charge in [0, 0.05) is 0 Å². The Hall–Kier alpha value is -1.69. The van der Waals surface area contributed by atoms with E-state index >= 15 is 0 Å². The highest BCUT2D eigenvalue weighted by Crippen LogP contribution is 1.85. The molecule has 0 aliphatic rings. The Morgan fingerprint density at radius 1 is 1.08 bits per heavy atom. The molecule has 0 heterocycles. The van der Waals surface area contributed by atoms with Crippen LogP contribution < -0.4 is 0 Å². The molecule has 0 fully saturated rings. The van der Waals surface area contributed by atoms with Crippen molar-refractivity contribution in [2.24, 2.45) is 0 Å². The lowest BCUT2D eigenvalue weighted by Crippen LogP contribution is -1.96. The third kappa shape index (κ3) is 6.43. The summed E-state index contributed by atoms with van der Waals surface area (Å²) in [7, 11) is 0. The first-order valence-corrected chi connectivity index (χ1v) is 3.39. The molecule has 0 saturated carbocycles. The van der Waals surface area contributed by atoms with E-state index in [4.69, 9.17) is 0 Å². The van der Waals surface area contributed by atoms with E-state index in [1.807, 2.05) is 0 Å². The van der Waals surface area contributed by atoms with Gasteiger partial charge in [-0.05, 0) is 26.0 Å². The van der Waals surface area contributed by atoms with E-state index in [9.17, 15) is 4.79 Å². The van der Waals surface area contributed by atoms with Crippen LogP contribution in [0.3, 0.4) is 0 Å². The predicted molar refractivity (Wildman–Crippen MR) is 44.2 cm³/mol. The number of hydrogen-bond acceptors (Lipinski definition) is 3. The molecule has 0 aromatic carbocycles. The molecule has 0 N–H and O–H groups in total. The summed E-state index contributed by atoms with van der Waals surface area (Å²) in [6, 6.07) is 0. The molecule has 0 bridgehead atoms. The fourth-order valence-electron chi connectivity index (χ4n) is 0.328. The number of carbonyl (C=O) groups is 1. The van der Waals surface area contributed by atoms with Gasteiger partial charge in [0.05, 0.1) is 0 Å². The van der Waals surface area contributed by atoms with Crippen LogP contribution in [0.5, 0.6) is 0 Å². The van der Waals surface area contributed by atoms with Crippen LogP contribution in [0.2, 0.25) is 0 Å². The van der Waals surface area contributed by atoms with Crippen LogP contribution in [0.1, 0.15) is 13.8 Å². The second-order valence-electron chi connectivity index (χ2n) is 1.63. The summed E-state index contributed by atoms with van der Waals surface area (Å²) in [5.41, 5.74) is 5.11. The first-order valence-electron chi connectivity index (χ1n) is 3.39. The highest BCUT2D eigenvalue weighted by atomic mass is 16.7. The summed E-state index contributed by atoms with van der Waals surface area (Å²) >= 11 is 0. The van der Waals surface area contributed by atoms with Gasteiger partial charge in [0.15, 0.2) is 0 Å². The average Bonchev–Trinajstić information content (AvgIpc) is 2.06. The van der Waals surface area contributed by atoms with Crippen molar-refractivity contribution in [3.8, 4) is 0 Å². The molecule has 12 heavy (non-hydrogen) atoms. The molecule has 0 rings (SSSR count). The van der Waals surface area contributed by atoms with E-state index in [1.165, 1.54) is 0 Å². The van der Waals surface area contributed by atoms with Gasteiger partial charge in [0.25, 0.3) is 0 Å². The van der Waals surface area contributed by atoms with E-state index in [-0.39, 0.29) is 0 Å². The number of rotatable bonds is 2. The number of allylic oxidation sites excluding steroid dienone is 2. The molecular weight excluding hydrogens is 156 g/mol. The van der Waals surface area contributed by atoms with Gasteiger partial charge >= 0.3 is 6.16 Å². The van der Waals surface area contributed by atoms with Crippen molar-refractivity contribution in [3.05, 3.63) is 36.1 Å². The van der Waals surface area contributed by atoms with Crippen molar-refractivity contribution >= 4 is 6.16 Å². The van der Waals surface area contributed by atoms with Crippen molar-refractivity contribution in [3.63, 3.8) is 0 Å². The summed E-state index contributed by atoms with van der Waals surface area (Å²) in [5, 5.41) is 0. The molecule has 3 nitrogen and oxygen atoms in total. The second-order valence-corrected chi connectivity index (χ2v) is 1.63. The van der Waals surface area contributed by atoms with Crippen LogP contribution >= 0.6 is 0 Å². The van der Waals surface area contributed by atoms with Gasteiger partial charge in [-0.1, -0.05) is 11.5 Å². The van der Waals surface area contributed by atoms with Gasteiger partial charge in [-0.25, -0.2) is 4.79 Å². The average molecular weight is 166 g/mol. The molecule has 3 heteroatoms. The summed E-state index contributed by atoms with van der Waals surface area (Å²) in [5.74, 6) is 0. The van der Waals surface area contributed by atoms with Crippen LogP contribution in [0, 0.1) is 0 Å². The quantitative estimate of drug-likeness (QED) is 0.359. The van der Waals surface area contributed by atoms with Gasteiger partial charge in [-0.2, -0.15) is 0 Å². The summed E-state index contributed by atoms with van der Waals surface area (Å²) in [6.45, 7) is 3.51. The zero-order valence-electron chi connectivity index (χ0n) is 7.03. The summed E-state index contributed by atoms with van der Waals surface area (Å²) < 4.78 is 8.83. The second kappa shape index (κ2) is 7.42. The maximum absolute atomic E-state index is 10.6. The first kappa shape index (κ1) is 10.3. The summed E-state index contributed by atoms with van der Waals surface area (Å²) in [6.07, 6.45) is 4.64. The lowest BCUT2D eigenvalue weighted by Gasteiger charge is -1.91. The Bertz CT molecular complexity index is 225. The SMILES string of the molecule is CC=C=COC(=O)OC=C=CC. The van der Waals surface area contributed by atoms with Gasteiger partial charge < -0.3 is 9.47 Å². The molecule has 0 aromatic rings. The Morgan fingerprint density at radius 3 is 1.83 bits per heavy atom. The Morgan fingerprint density at radius 2 is 1.50 bits per heavy atom. The van der Waals surface area contributed by atoms with Crippen LogP contribution in [0.15, 0.2) is 36.1 Å². The fraction of sp³-hybridized carbons (Fsp3) is 0.222. The minimum Gasteiger partial charge on any atom is -0.394 e. The Balaban J connectivity index is 3.75. The number of ether oxygens (including phenoxy) is 2. The molecule has 0 amide bonds.